The van der Waals surface area contributed by atoms with Crippen molar-refractivity contribution in [1.82, 2.24) is 15.6 Å². The SMILES string of the molecule is O=C1CCC(CNC(=O)c2ccc3cc[nH]c3c2)N1. The van der Waals surface area contributed by atoms with Gasteiger partial charge in [-0.25, -0.2) is 0 Å². The Kier molecular flexibility index (Phi) is 2.95. The molecule has 5 heteroatoms. The van der Waals surface area contributed by atoms with E-state index < -0.39 is 0 Å². The summed E-state index contributed by atoms with van der Waals surface area (Å²) in [6.45, 7) is 0.480. The number of hydrogen-bond acceptors (Lipinski definition) is 2. The van der Waals surface area contributed by atoms with Crippen LogP contribution >= 0.6 is 0 Å². The van der Waals surface area contributed by atoms with E-state index in [9.17, 15) is 9.59 Å². The summed E-state index contributed by atoms with van der Waals surface area (Å²) in [5.41, 5.74) is 1.57. The van der Waals surface area contributed by atoms with Crippen LogP contribution in [0.3, 0.4) is 0 Å². The minimum Gasteiger partial charge on any atom is -0.361 e. The van der Waals surface area contributed by atoms with Gasteiger partial charge in [0, 0.05) is 36.3 Å². The Morgan fingerprint density at radius 1 is 1.37 bits per heavy atom. The number of carbonyl (C=O) groups is 2. The van der Waals surface area contributed by atoms with Crippen molar-refractivity contribution in [3.8, 4) is 0 Å². The van der Waals surface area contributed by atoms with Crippen LogP contribution in [0.15, 0.2) is 30.5 Å². The lowest BCUT2D eigenvalue weighted by atomic mass is 10.1. The molecule has 98 valence electrons. The molecule has 3 N–H and O–H groups in total. The van der Waals surface area contributed by atoms with Crippen molar-refractivity contribution in [2.24, 2.45) is 0 Å². The first-order valence-corrected chi connectivity index (χ1v) is 6.37. The fraction of sp³-hybridized carbons (Fsp3) is 0.286. The predicted molar refractivity (Wildman–Crippen MR) is 71.8 cm³/mol. The van der Waals surface area contributed by atoms with Crippen LogP contribution in [0.5, 0.6) is 0 Å². The van der Waals surface area contributed by atoms with E-state index in [2.05, 4.69) is 15.6 Å². The second-order valence-corrected chi connectivity index (χ2v) is 4.79. The monoisotopic (exact) mass is 257 g/mol. The molecule has 0 spiro atoms. The third kappa shape index (κ3) is 2.45. The molecule has 19 heavy (non-hydrogen) atoms. The average Bonchev–Trinajstić information content (AvgIpc) is 3.03. The molecule has 3 rings (SSSR count). The first kappa shape index (κ1) is 11.8. The van der Waals surface area contributed by atoms with Crippen molar-refractivity contribution >= 4 is 22.7 Å². The first-order valence-electron chi connectivity index (χ1n) is 6.37. The molecule has 1 fully saturated rings. The number of amides is 2. The molecule has 1 aliphatic heterocycles. The fourth-order valence-electron chi connectivity index (χ4n) is 2.34. The molecule has 0 bridgehead atoms. The standard InChI is InChI=1S/C14H15N3O2/c18-13-4-3-11(17-13)8-16-14(19)10-2-1-9-5-6-15-12(9)7-10/h1-2,5-7,11,15H,3-4,8H2,(H,16,19)(H,17,18). The lowest BCUT2D eigenvalue weighted by Crippen LogP contribution is -2.38. The summed E-state index contributed by atoms with van der Waals surface area (Å²) in [6, 6.07) is 7.57. The van der Waals surface area contributed by atoms with E-state index >= 15 is 0 Å². The molecule has 1 aromatic carbocycles. The Balaban J connectivity index is 1.64. The molecular weight excluding hydrogens is 242 g/mol. The Hall–Kier alpha value is -2.30. The summed E-state index contributed by atoms with van der Waals surface area (Å²) in [7, 11) is 0. The zero-order valence-electron chi connectivity index (χ0n) is 10.4. The van der Waals surface area contributed by atoms with Gasteiger partial charge in [0.1, 0.15) is 0 Å². The summed E-state index contributed by atoms with van der Waals surface area (Å²) in [4.78, 5) is 26.1. The molecule has 2 heterocycles. The third-order valence-corrected chi connectivity index (χ3v) is 3.41. The largest absolute Gasteiger partial charge is 0.361 e. The molecule has 0 aliphatic carbocycles. The van der Waals surface area contributed by atoms with Gasteiger partial charge in [-0.2, -0.15) is 0 Å². The zero-order chi connectivity index (χ0) is 13.2. The molecule has 1 atom stereocenters. The number of H-pyrrole nitrogens is 1. The van der Waals surface area contributed by atoms with Gasteiger partial charge in [0.25, 0.3) is 5.91 Å². The molecule has 1 unspecified atom stereocenters. The summed E-state index contributed by atoms with van der Waals surface area (Å²) in [5, 5.41) is 6.76. The summed E-state index contributed by atoms with van der Waals surface area (Å²) < 4.78 is 0. The van der Waals surface area contributed by atoms with Crippen LogP contribution in [0.1, 0.15) is 23.2 Å². The highest BCUT2D eigenvalue weighted by molar-refractivity contribution is 5.97. The van der Waals surface area contributed by atoms with Crippen LogP contribution in [0.4, 0.5) is 0 Å². The lowest BCUT2D eigenvalue weighted by Gasteiger charge is -2.11. The molecule has 0 radical (unpaired) electrons. The van der Waals surface area contributed by atoms with Gasteiger partial charge in [0.15, 0.2) is 0 Å². The van der Waals surface area contributed by atoms with E-state index in [0.29, 0.717) is 18.5 Å². The Bertz CT molecular complexity index is 632. The molecule has 2 amide bonds. The van der Waals surface area contributed by atoms with Crippen LogP contribution in [-0.2, 0) is 4.79 Å². The minimum absolute atomic E-state index is 0.0608. The van der Waals surface area contributed by atoms with Gasteiger partial charge in [-0.3, -0.25) is 9.59 Å². The smallest absolute Gasteiger partial charge is 0.251 e. The van der Waals surface area contributed by atoms with E-state index in [-0.39, 0.29) is 17.9 Å². The van der Waals surface area contributed by atoms with Gasteiger partial charge in [-0.1, -0.05) is 6.07 Å². The van der Waals surface area contributed by atoms with Gasteiger partial charge in [-0.05, 0) is 30.0 Å². The van der Waals surface area contributed by atoms with Crippen LogP contribution in [0, 0.1) is 0 Å². The van der Waals surface area contributed by atoms with Crippen molar-refractivity contribution < 1.29 is 9.59 Å². The number of benzene rings is 1. The van der Waals surface area contributed by atoms with Gasteiger partial charge >= 0.3 is 0 Å². The normalized spacial score (nSPS) is 18.5. The summed E-state index contributed by atoms with van der Waals surface area (Å²) in [6.07, 6.45) is 3.18. The van der Waals surface area contributed by atoms with Crippen molar-refractivity contribution in [2.75, 3.05) is 6.54 Å². The molecule has 2 aromatic rings. The maximum atomic E-state index is 12.0. The molecule has 1 aliphatic rings. The predicted octanol–water partition coefficient (Wildman–Crippen LogP) is 1.18. The highest BCUT2D eigenvalue weighted by atomic mass is 16.2. The van der Waals surface area contributed by atoms with Gasteiger partial charge < -0.3 is 15.6 Å². The number of nitrogens with one attached hydrogen (secondary N) is 3. The Labute approximate surface area is 110 Å². The second-order valence-electron chi connectivity index (χ2n) is 4.79. The number of aromatic amines is 1. The van der Waals surface area contributed by atoms with Crippen molar-refractivity contribution in [3.63, 3.8) is 0 Å². The number of carbonyl (C=O) groups excluding carboxylic acids is 2. The Morgan fingerprint density at radius 2 is 2.26 bits per heavy atom. The summed E-state index contributed by atoms with van der Waals surface area (Å²) >= 11 is 0. The maximum absolute atomic E-state index is 12.0. The fourth-order valence-corrected chi connectivity index (χ4v) is 2.34. The highest BCUT2D eigenvalue weighted by Crippen LogP contribution is 2.14. The molecule has 5 nitrogen and oxygen atoms in total. The van der Waals surface area contributed by atoms with E-state index in [1.165, 1.54) is 0 Å². The molecular formula is C14H15N3O2. The van der Waals surface area contributed by atoms with Gasteiger partial charge in [0.05, 0.1) is 0 Å². The first-order chi connectivity index (χ1) is 9.22. The third-order valence-electron chi connectivity index (χ3n) is 3.41. The van der Waals surface area contributed by atoms with Crippen molar-refractivity contribution in [2.45, 2.75) is 18.9 Å². The molecule has 1 aromatic heterocycles. The lowest BCUT2D eigenvalue weighted by molar-refractivity contribution is -0.119. The number of aromatic nitrogens is 1. The number of hydrogen-bond donors (Lipinski definition) is 3. The minimum atomic E-state index is -0.113. The maximum Gasteiger partial charge on any atom is 0.251 e. The Morgan fingerprint density at radius 3 is 3.05 bits per heavy atom. The van der Waals surface area contributed by atoms with Crippen LogP contribution < -0.4 is 10.6 Å². The summed E-state index contributed by atoms with van der Waals surface area (Å²) in [5.74, 6) is -0.0512. The number of fused-ring (bicyclic) bond motifs is 1. The van der Waals surface area contributed by atoms with Crippen LogP contribution in [0.2, 0.25) is 0 Å². The number of rotatable bonds is 3. The van der Waals surface area contributed by atoms with Gasteiger partial charge in [0.2, 0.25) is 5.91 Å². The second kappa shape index (κ2) is 4.76. The van der Waals surface area contributed by atoms with Crippen molar-refractivity contribution in [3.05, 3.63) is 36.0 Å². The molecule has 1 saturated heterocycles. The van der Waals surface area contributed by atoms with E-state index in [0.717, 1.165) is 17.3 Å². The van der Waals surface area contributed by atoms with Gasteiger partial charge in [-0.15, -0.1) is 0 Å². The highest BCUT2D eigenvalue weighted by Gasteiger charge is 2.21. The van der Waals surface area contributed by atoms with Crippen LogP contribution in [-0.4, -0.2) is 29.4 Å². The quantitative estimate of drug-likeness (QED) is 0.772. The topological polar surface area (TPSA) is 74.0 Å². The van der Waals surface area contributed by atoms with E-state index in [1.54, 1.807) is 6.07 Å². The zero-order valence-corrected chi connectivity index (χ0v) is 10.4. The van der Waals surface area contributed by atoms with E-state index in [4.69, 9.17) is 0 Å². The van der Waals surface area contributed by atoms with Crippen molar-refractivity contribution in [1.29, 1.82) is 0 Å². The molecule has 0 saturated carbocycles. The van der Waals surface area contributed by atoms with Crippen LogP contribution in [0.25, 0.3) is 10.9 Å². The average molecular weight is 257 g/mol. The van der Waals surface area contributed by atoms with E-state index in [1.807, 2.05) is 24.4 Å².